The molecular formula is C25H29IN4O3. The zero-order chi connectivity index (χ0) is 22.2. The summed E-state index contributed by atoms with van der Waals surface area (Å²) in [6, 6.07) is 21.7. The van der Waals surface area contributed by atoms with Gasteiger partial charge in [0, 0.05) is 38.8 Å². The van der Waals surface area contributed by atoms with E-state index < -0.39 is 0 Å². The molecule has 1 aromatic heterocycles. The molecule has 2 heterocycles. The molecule has 0 aliphatic carbocycles. The molecule has 0 bridgehead atoms. The third-order valence-electron chi connectivity index (χ3n) is 5.42. The Bertz CT molecular complexity index is 1030. The van der Waals surface area contributed by atoms with Crippen molar-refractivity contribution in [2.24, 2.45) is 4.99 Å². The van der Waals surface area contributed by atoms with E-state index in [1.54, 1.807) is 19.2 Å². The normalized spacial score (nSPS) is 13.9. The molecule has 7 nitrogen and oxygen atoms in total. The fourth-order valence-electron chi connectivity index (χ4n) is 3.78. The van der Waals surface area contributed by atoms with Gasteiger partial charge in [-0.15, -0.1) is 24.0 Å². The Hall–Kier alpha value is -3.01. The molecule has 33 heavy (non-hydrogen) atoms. The van der Waals surface area contributed by atoms with Crippen LogP contribution in [0.15, 0.2) is 82.4 Å². The highest BCUT2D eigenvalue weighted by Crippen LogP contribution is 2.29. The summed E-state index contributed by atoms with van der Waals surface area (Å²) in [6.07, 6.45) is 1.52. The van der Waals surface area contributed by atoms with E-state index in [4.69, 9.17) is 9.15 Å². The number of carbonyl (C=O) groups is 1. The standard InChI is InChI=1S/C25H28N4O3.HI/c1-26-25(29-16-14-28(15-17-29)24(30)23-12-7-18-31-23)27-13-19-32-22-11-6-5-10-21(22)20-8-3-2-4-9-20;/h2-12,18H,13-17,19H2,1H3,(H,26,27);1H. The molecule has 1 aliphatic rings. The maximum atomic E-state index is 12.4. The minimum atomic E-state index is -0.0666. The molecule has 8 heteroatoms. The van der Waals surface area contributed by atoms with Crippen LogP contribution in [0.5, 0.6) is 5.75 Å². The zero-order valence-electron chi connectivity index (χ0n) is 18.6. The number of aliphatic imine (C=N–C) groups is 1. The second kappa shape index (κ2) is 12.3. The molecular weight excluding hydrogens is 531 g/mol. The number of nitrogens with one attached hydrogen (secondary N) is 1. The molecule has 174 valence electrons. The second-order valence-corrected chi connectivity index (χ2v) is 7.44. The van der Waals surface area contributed by atoms with Gasteiger partial charge in [-0.25, -0.2) is 0 Å². The van der Waals surface area contributed by atoms with E-state index in [0.717, 1.165) is 22.8 Å². The van der Waals surface area contributed by atoms with Crippen LogP contribution in [0.25, 0.3) is 11.1 Å². The quantitative estimate of drug-likeness (QED) is 0.214. The van der Waals surface area contributed by atoms with Gasteiger partial charge in [0.05, 0.1) is 12.8 Å². The first-order valence-corrected chi connectivity index (χ1v) is 10.8. The van der Waals surface area contributed by atoms with Gasteiger partial charge in [0.25, 0.3) is 5.91 Å². The molecule has 3 aromatic rings. The minimum absolute atomic E-state index is 0. The maximum absolute atomic E-state index is 12.4. The van der Waals surface area contributed by atoms with E-state index in [9.17, 15) is 4.79 Å². The van der Waals surface area contributed by atoms with Crippen LogP contribution < -0.4 is 10.1 Å². The number of amides is 1. The highest BCUT2D eigenvalue weighted by atomic mass is 127. The van der Waals surface area contributed by atoms with E-state index in [0.29, 0.717) is 45.1 Å². The number of nitrogens with zero attached hydrogens (tertiary/aromatic N) is 3. The first-order chi connectivity index (χ1) is 15.8. The smallest absolute Gasteiger partial charge is 0.289 e. The minimum Gasteiger partial charge on any atom is -0.491 e. The predicted octanol–water partition coefficient (Wildman–Crippen LogP) is 3.98. The summed E-state index contributed by atoms with van der Waals surface area (Å²) >= 11 is 0. The van der Waals surface area contributed by atoms with Crippen molar-refractivity contribution >= 4 is 35.8 Å². The van der Waals surface area contributed by atoms with Crippen LogP contribution in [0.2, 0.25) is 0 Å². The van der Waals surface area contributed by atoms with Crippen molar-refractivity contribution < 1.29 is 13.9 Å². The second-order valence-electron chi connectivity index (χ2n) is 7.44. The number of para-hydroxylation sites is 1. The Balaban J connectivity index is 0.00000306. The fourth-order valence-corrected chi connectivity index (χ4v) is 3.78. The van der Waals surface area contributed by atoms with Gasteiger partial charge >= 0.3 is 0 Å². The predicted molar refractivity (Wildman–Crippen MR) is 140 cm³/mol. The van der Waals surface area contributed by atoms with Gasteiger partial charge < -0.3 is 24.3 Å². The van der Waals surface area contributed by atoms with Crippen molar-refractivity contribution in [3.8, 4) is 16.9 Å². The summed E-state index contributed by atoms with van der Waals surface area (Å²) in [4.78, 5) is 20.8. The fraction of sp³-hybridized carbons (Fsp3) is 0.280. The Morgan fingerprint density at radius 3 is 2.36 bits per heavy atom. The monoisotopic (exact) mass is 560 g/mol. The molecule has 1 amide bonds. The summed E-state index contributed by atoms with van der Waals surface area (Å²) in [5.74, 6) is 1.99. The average molecular weight is 560 g/mol. The van der Waals surface area contributed by atoms with Crippen LogP contribution in [0.4, 0.5) is 0 Å². The van der Waals surface area contributed by atoms with Gasteiger partial charge in [-0.2, -0.15) is 0 Å². The number of ether oxygens (including phenoxy) is 1. The van der Waals surface area contributed by atoms with Crippen LogP contribution in [0.1, 0.15) is 10.6 Å². The van der Waals surface area contributed by atoms with Crippen LogP contribution >= 0.6 is 24.0 Å². The first-order valence-electron chi connectivity index (χ1n) is 10.8. The number of hydrogen-bond acceptors (Lipinski definition) is 4. The number of guanidine groups is 1. The largest absolute Gasteiger partial charge is 0.491 e. The number of furan rings is 1. The number of carbonyl (C=O) groups excluding carboxylic acids is 1. The van der Waals surface area contributed by atoms with E-state index in [2.05, 4.69) is 33.4 Å². The lowest BCUT2D eigenvalue weighted by molar-refractivity contribution is 0.0657. The van der Waals surface area contributed by atoms with E-state index in [1.807, 2.05) is 41.3 Å². The van der Waals surface area contributed by atoms with E-state index in [1.165, 1.54) is 6.26 Å². The molecule has 1 fully saturated rings. The van der Waals surface area contributed by atoms with Gasteiger partial charge in [-0.3, -0.25) is 9.79 Å². The van der Waals surface area contributed by atoms with Gasteiger partial charge in [0.1, 0.15) is 12.4 Å². The van der Waals surface area contributed by atoms with Gasteiger partial charge in [-0.1, -0.05) is 48.5 Å². The maximum Gasteiger partial charge on any atom is 0.289 e. The summed E-state index contributed by atoms with van der Waals surface area (Å²) in [7, 11) is 1.77. The Kier molecular flexibility index (Phi) is 9.17. The van der Waals surface area contributed by atoms with Gasteiger partial charge in [-0.05, 0) is 23.8 Å². The highest BCUT2D eigenvalue weighted by Gasteiger charge is 2.25. The Morgan fingerprint density at radius 2 is 1.67 bits per heavy atom. The van der Waals surface area contributed by atoms with Crippen LogP contribution in [0.3, 0.4) is 0 Å². The molecule has 1 aliphatic heterocycles. The summed E-state index contributed by atoms with van der Waals surface area (Å²) in [6.45, 7) is 3.82. The summed E-state index contributed by atoms with van der Waals surface area (Å²) in [5, 5.41) is 3.37. The third-order valence-corrected chi connectivity index (χ3v) is 5.42. The molecule has 0 unspecified atom stereocenters. The molecule has 0 saturated carbocycles. The van der Waals surface area contributed by atoms with Crippen molar-refractivity contribution in [3.63, 3.8) is 0 Å². The molecule has 0 atom stereocenters. The number of hydrogen-bond donors (Lipinski definition) is 1. The van der Waals surface area contributed by atoms with Crippen molar-refractivity contribution in [3.05, 3.63) is 78.8 Å². The lowest BCUT2D eigenvalue weighted by atomic mass is 10.1. The molecule has 4 rings (SSSR count). The number of rotatable bonds is 6. The van der Waals surface area contributed by atoms with Crippen molar-refractivity contribution in [1.29, 1.82) is 0 Å². The van der Waals surface area contributed by atoms with E-state index in [-0.39, 0.29) is 29.9 Å². The molecule has 0 radical (unpaired) electrons. The van der Waals surface area contributed by atoms with Crippen molar-refractivity contribution in [2.75, 3.05) is 46.4 Å². The van der Waals surface area contributed by atoms with Crippen molar-refractivity contribution in [2.45, 2.75) is 0 Å². The molecule has 1 saturated heterocycles. The lowest BCUT2D eigenvalue weighted by Crippen LogP contribution is -2.54. The number of benzene rings is 2. The molecule has 0 spiro atoms. The Labute approximate surface area is 211 Å². The lowest BCUT2D eigenvalue weighted by Gasteiger charge is -2.36. The van der Waals surface area contributed by atoms with Crippen LogP contribution in [0, 0.1) is 0 Å². The van der Waals surface area contributed by atoms with Gasteiger partial charge in [0.15, 0.2) is 11.7 Å². The van der Waals surface area contributed by atoms with Crippen molar-refractivity contribution in [1.82, 2.24) is 15.1 Å². The molecule has 2 aromatic carbocycles. The summed E-state index contributed by atoms with van der Waals surface area (Å²) in [5.41, 5.74) is 2.21. The highest BCUT2D eigenvalue weighted by molar-refractivity contribution is 14.0. The number of halogens is 1. The van der Waals surface area contributed by atoms with Crippen LogP contribution in [-0.4, -0.2) is 68.0 Å². The SMILES string of the molecule is CN=C(NCCOc1ccccc1-c1ccccc1)N1CCN(C(=O)c2ccco2)CC1.I. The first kappa shape index (κ1) is 24.6. The van der Waals surface area contributed by atoms with Crippen LogP contribution in [-0.2, 0) is 0 Å². The van der Waals surface area contributed by atoms with Gasteiger partial charge in [0.2, 0.25) is 0 Å². The summed E-state index contributed by atoms with van der Waals surface area (Å²) < 4.78 is 11.3. The Morgan fingerprint density at radius 1 is 0.970 bits per heavy atom. The number of piperazine rings is 1. The third kappa shape index (κ3) is 6.28. The average Bonchev–Trinajstić information content (AvgIpc) is 3.40. The zero-order valence-corrected chi connectivity index (χ0v) is 21.0. The molecule has 1 N–H and O–H groups in total. The topological polar surface area (TPSA) is 70.3 Å². The van der Waals surface area contributed by atoms with E-state index >= 15 is 0 Å².